The molecule has 2 aromatic rings. The maximum Gasteiger partial charge on any atom is 0.223 e. The van der Waals surface area contributed by atoms with Crippen molar-refractivity contribution >= 4 is 28.8 Å². The van der Waals surface area contributed by atoms with Gasteiger partial charge in [-0.1, -0.05) is 50.5 Å². The average Bonchev–Trinajstić information content (AvgIpc) is 2.82. The summed E-state index contributed by atoms with van der Waals surface area (Å²) in [4.78, 5) is 19.0. The lowest BCUT2D eigenvalue weighted by Gasteiger charge is -2.21. The van der Waals surface area contributed by atoms with Crippen molar-refractivity contribution in [2.24, 2.45) is 0 Å². The van der Waals surface area contributed by atoms with Crippen LogP contribution in [0.3, 0.4) is 0 Å². The van der Waals surface area contributed by atoms with Crippen LogP contribution in [-0.2, 0) is 4.79 Å². The molecule has 0 saturated carbocycles. The maximum absolute atomic E-state index is 11.3. The number of unbranched alkanes of at least 4 members (excludes halogenated alkanes) is 3. The number of pyridine rings is 1. The highest BCUT2D eigenvalue weighted by Crippen LogP contribution is 2.27. The van der Waals surface area contributed by atoms with Crippen LogP contribution in [-0.4, -0.2) is 28.6 Å². The summed E-state index contributed by atoms with van der Waals surface area (Å²) >= 11 is 1.77. The van der Waals surface area contributed by atoms with Gasteiger partial charge in [-0.3, -0.25) is 9.78 Å². The predicted molar refractivity (Wildman–Crippen MR) is 146 cm³/mol. The first kappa shape index (κ1) is 28.7. The van der Waals surface area contributed by atoms with Gasteiger partial charge >= 0.3 is 0 Å². The van der Waals surface area contributed by atoms with E-state index in [0.717, 1.165) is 30.1 Å². The Morgan fingerprint density at radius 2 is 1.70 bits per heavy atom. The van der Waals surface area contributed by atoms with Gasteiger partial charge in [0, 0.05) is 29.8 Å². The molecule has 180 valence electrons. The van der Waals surface area contributed by atoms with E-state index in [1.54, 1.807) is 18.7 Å². The second-order valence-electron chi connectivity index (χ2n) is 8.31. The van der Waals surface area contributed by atoms with Crippen LogP contribution >= 0.6 is 11.8 Å². The summed E-state index contributed by atoms with van der Waals surface area (Å²) in [6, 6.07) is 14.8. The van der Waals surface area contributed by atoms with E-state index in [4.69, 9.17) is 0 Å². The summed E-state index contributed by atoms with van der Waals surface area (Å²) in [7, 11) is 0. The summed E-state index contributed by atoms with van der Waals surface area (Å²) < 4.78 is 0. The van der Waals surface area contributed by atoms with Crippen LogP contribution < -0.4 is 0 Å². The number of hydrogen-bond donors (Lipinski definition) is 0. The number of hydrogen-bond acceptors (Lipinski definition) is 3. The van der Waals surface area contributed by atoms with Gasteiger partial charge in [0.1, 0.15) is 0 Å². The van der Waals surface area contributed by atoms with E-state index in [1.807, 2.05) is 37.8 Å². The number of carbonyl (C=O) groups excluding carboxylic acids is 1. The van der Waals surface area contributed by atoms with E-state index >= 15 is 0 Å². The number of benzene rings is 1. The molecule has 3 nitrogen and oxygen atoms in total. The molecule has 33 heavy (non-hydrogen) atoms. The number of rotatable bonds is 9. The zero-order valence-electron chi connectivity index (χ0n) is 21.9. The number of thioether (sulfide) groups is 1. The fourth-order valence-corrected chi connectivity index (χ4v) is 3.91. The van der Waals surface area contributed by atoms with Gasteiger partial charge < -0.3 is 4.90 Å². The van der Waals surface area contributed by atoms with Gasteiger partial charge in [-0.2, -0.15) is 0 Å². The zero-order valence-corrected chi connectivity index (χ0v) is 22.7. The van der Waals surface area contributed by atoms with Crippen molar-refractivity contribution in [1.82, 2.24) is 9.88 Å². The Balaban J connectivity index is 0.000000349. The molecule has 0 bridgehead atoms. The fourth-order valence-electron chi connectivity index (χ4n) is 3.45. The molecule has 0 fully saturated rings. The third-order valence-electron chi connectivity index (χ3n) is 5.80. The van der Waals surface area contributed by atoms with E-state index in [-0.39, 0.29) is 5.91 Å². The second-order valence-corrected chi connectivity index (χ2v) is 9.19. The van der Waals surface area contributed by atoms with Crippen LogP contribution in [0.15, 0.2) is 59.1 Å². The van der Waals surface area contributed by atoms with Gasteiger partial charge in [-0.15, -0.1) is 11.8 Å². The van der Waals surface area contributed by atoms with E-state index in [1.165, 1.54) is 40.9 Å². The van der Waals surface area contributed by atoms with Crippen LogP contribution in [0, 0.1) is 6.92 Å². The zero-order chi connectivity index (χ0) is 24.8. The largest absolute Gasteiger partial charge is 0.317 e. The topological polar surface area (TPSA) is 33.2 Å². The first-order chi connectivity index (χ1) is 15.7. The third kappa shape index (κ3) is 10.00. The van der Waals surface area contributed by atoms with Gasteiger partial charge in [-0.05, 0) is 88.3 Å². The predicted octanol–water partition coefficient (Wildman–Crippen LogP) is 8.40. The molecular formula is C29H42N2OS. The lowest BCUT2D eigenvalue weighted by molar-refractivity contribution is -0.127. The maximum atomic E-state index is 11.3. The van der Waals surface area contributed by atoms with Crippen molar-refractivity contribution in [2.45, 2.75) is 79.0 Å². The molecule has 0 aliphatic rings. The van der Waals surface area contributed by atoms with Gasteiger partial charge in [0.05, 0.1) is 5.69 Å². The summed E-state index contributed by atoms with van der Waals surface area (Å²) in [5.74, 6) is 0.150. The van der Waals surface area contributed by atoms with Gasteiger partial charge in [0.25, 0.3) is 0 Å². The summed E-state index contributed by atoms with van der Waals surface area (Å²) in [5.41, 5.74) is 6.98. The van der Waals surface area contributed by atoms with Crippen LogP contribution in [0.1, 0.15) is 84.2 Å². The average molecular weight is 467 g/mol. The molecule has 1 aromatic carbocycles. The molecule has 2 rings (SSSR count). The van der Waals surface area contributed by atoms with Crippen molar-refractivity contribution < 1.29 is 4.79 Å². The van der Waals surface area contributed by atoms with E-state index in [9.17, 15) is 4.79 Å². The molecule has 0 radical (unpaired) electrons. The minimum absolute atomic E-state index is 0.150. The van der Waals surface area contributed by atoms with Gasteiger partial charge in [0.2, 0.25) is 5.91 Å². The summed E-state index contributed by atoms with van der Waals surface area (Å²) in [6.45, 7) is 15.0. The van der Waals surface area contributed by atoms with Crippen LogP contribution in [0.2, 0.25) is 0 Å². The third-order valence-corrected chi connectivity index (χ3v) is 6.52. The lowest BCUT2D eigenvalue weighted by Crippen LogP contribution is -2.27. The van der Waals surface area contributed by atoms with Gasteiger partial charge in [-0.25, -0.2) is 0 Å². The molecule has 0 unspecified atom stereocenters. The van der Waals surface area contributed by atoms with E-state index in [2.05, 4.69) is 68.4 Å². The van der Waals surface area contributed by atoms with Gasteiger partial charge in [0.15, 0.2) is 0 Å². The molecule has 1 heterocycles. The van der Waals surface area contributed by atoms with Crippen LogP contribution in [0.25, 0.3) is 11.1 Å². The first-order valence-corrected chi connectivity index (χ1v) is 13.1. The highest BCUT2D eigenvalue weighted by atomic mass is 32.2. The SMILES string of the molecule is C/C=C(\C)N(CCCCCC)C(C)=O.CSc1cccc(/C(C)=C(/C)c2cccc(C)n2)c1. The highest BCUT2D eigenvalue weighted by molar-refractivity contribution is 7.98. The van der Waals surface area contributed by atoms with Crippen molar-refractivity contribution in [3.05, 3.63) is 71.2 Å². The van der Waals surface area contributed by atoms with Crippen LogP contribution in [0.4, 0.5) is 0 Å². The lowest BCUT2D eigenvalue weighted by atomic mass is 10.00. The molecule has 0 spiro atoms. The monoisotopic (exact) mass is 466 g/mol. The van der Waals surface area contributed by atoms with E-state index < -0.39 is 0 Å². The molecule has 0 aliphatic heterocycles. The Morgan fingerprint density at radius 3 is 2.27 bits per heavy atom. The number of aryl methyl sites for hydroxylation is 1. The smallest absolute Gasteiger partial charge is 0.223 e. The summed E-state index contributed by atoms with van der Waals surface area (Å²) in [6.07, 6.45) is 8.92. The Bertz CT molecular complexity index is 946. The van der Waals surface area contributed by atoms with Crippen molar-refractivity contribution in [1.29, 1.82) is 0 Å². The number of amides is 1. The molecule has 4 heteroatoms. The Hall–Kier alpha value is -2.33. The normalized spacial score (nSPS) is 11.9. The number of aromatic nitrogens is 1. The molecular weight excluding hydrogens is 424 g/mol. The quantitative estimate of drug-likeness (QED) is 0.275. The number of carbonyl (C=O) groups is 1. The molecule has 1 aromatic heterocycles. The summed E-state index contributed by atoms with van der Waals surface area (Å²) in [5, 5.41) is 0. The highest BCUT2D eigenvalue weighted by Gasteiger charge is 2.08. The fraction of sp³-hybridized carbons (Fsp3) is 0.448. The minimum Gasteiger partial charge on any atom is -0.317 e. The van der Waals surface area contributed by atoms with E-state index in [0.29, 0.717) is 0 Å². The minimum atomic E-state index is 0.150. The van der Waals surface area contributed by atoms with Crippen molar-refractivity contribution in [3.8, 4) is 0 Å². The Kier molecular flexibility index (Phi) is 13.5. The van der Waals surface area contributed by atoms with Crippen molar-refractivity contribution in [2.75, 3.05) is 12.8 Å². The standard InChI is InChI=1S/C17H19NS.C12H23NO/c1-12-7-5-10-17(18-12)14(3)13(2)15-8-6-9-16(11-15)19-4;1-5-7-8-9-10-13(12(4)14)11(3)6-2/h5-11H,1-4H3;6H,5,7-10H2,1-4H3/b14-13-;11-6+. The number of nitrogens with zero attached hydrogens (tertiary/aromatic N) is 2. The molecule has 0 N–H and O–H groups in total. The molecule has 0 aliphatic carbocycles. The molecule has 0 saturated heterocycles. The molecule has 1 amide bonds. The van der Waals surface area contributed by atoms with Crippen LogP contribution in [0.5, 0.6) is 0 Å². The second kappa shape index (κ2) is 15.5. The Morgan fingerprint density at radius 1 is 1.00 bits per heavy atom. The Labute approximate surface area is 206 Å². The number of allylic oxidation sites excluding steroid dienone is 4. The first-order valence-electron chi connectivity index (χ1n) is 11.9. The molecule has 0 atom stereocenters. The van der Waals surface area contributed by atoms with Crippen molar-refractivity contribution in [3.63, 3.8) is 0 Å².